The number of hydrogen-bond acceptors (Lipinski definition) is 10. The highest BCUT2D eigenvalue weighted by atomic mass is 32.2. The van der Waals surface area contributed by atoms with E-state index in [1.165, 1.54) is 23.1 Å². The lowest BCUT2D eigenvalue weighted by Gasteiger charge is -2.02. The first-order valence-corrected chi connectivity index (χ1v) is 9.80. The summed E-state index contributed by atoms with van der Waals surface area (Å²) in [5.41, 5.74) is 0.792. The number of furan rings is 1. The molecular formula is C17H15N5O3S2. The quantitative estimate of drug-likeness (QED) is 0.437. The molecule has 3 aromatic heterocycles. The molecule has 0 atom stereocenters. The monoisotopic (exact) mass is 401 g/mol. The molecule has 8 nitrogen and oxygen atoms in total. The van der Waals surface area contributed by atoms with Gasteiger partial charge >= 0.3 is 0 Å². The number of benzene rings is 1. The zero-order valence-corrected chi connectivity index (χ0v) is 15.9. The van der Waals surface area contributed by atoms with Gasteiger partial charge in [0.15, 0.2) is 4.34 Å². The molecule has 1 N–H and O–H groups in total. The number of ether oxygens (including phenoxy) is 1. The van der Waals surface area contributed by atoms with Crippen LogP contribution in [-0.2, 0) is 12.3 Å². The van der Waals surface area contributed by atoms with Gasteiger partial charge in [0.05, 0.1) is 31.2 Å². The number of hydrogen-bond donors (Lipinski definition) is 1. The molecule has 4 rings (SSSR count). The third-order valence-corrected chi connectivity index (χ3v) is 5.53. The van der Waals surface area contributed by atoms with Gasteiger partial charge in [0.25, 0.3) is 0 Å². The molecule has 0 spiro atoms. The molecule has 0 unspecified atom stereocenters. The summed E-state index contributed by atoms with van der Waals surface area (Å²) in [5, 5.41) is 16.2. The third kappa shape index (κ3) is 4.29. The van der Waals surface area contributed by atoms with Gasteiger partial charge in [0, 0.05) is 0 Å². The second-order valence-corrected chi connectivity index (χ2v) is 7.51. The van der Waals surface area contributed by atoms with Gasteiger partial charge in [-0.3, -0.25) is 0 Å². The van der Waals surface area contributed by atoms with E-state index >= 15 is 0 Å². The number of anilines is 1. The summed E-state index contributed by atoms with van der Waals surface area (Å²) in [4.78, 5) is 4.43. The number of para-hydroxylation sites is 1. The Balaban J connectivity index is 1.35. The summed E-state index contributed by atoms with van der Waals surface area (Å²) < 4.78 is 16.8. The Morgan fingerprint density at radius 3 is 2.96 bits per heavy atom. The maximum atomic E-state index is 5.33. The molecular weight excluding hydrogens is 386 g/mol. The SMILES string of the molecule is COc1ccccc1-c1noc(CSc2nnc(NCc3ccco3)s2)n1. The van der Waals surface area contributed by atoms with Crippen LogP contribution in [0.3, 0.4) is 0 Å². The van der Waals surface area contributed by atoms with Crippen molar-refractivity contribution >= 4 is 28.2 Å². The van der Waals surface area contributed by atoms with Crippen LogP contribution in [0.1, 0.15) is 11.7 Å². The van der Waals surface area contributed by atoms with Crippen molar-refractivity contribution in [1.29, 1.82) is 0 Å². The van der Waals surface area contributed by atoms with Crippen molar-refractivity contribution < 1.29 is 13.7 Å². The summed E-state index contributed by atoms with van der Waals surface area (Å²) >= 11 is 2.95. The van der Waals surface area contributed by atoms with Crippen LogP contribution in [0.4, 0.5) is 5.13 Å². The molecule has 0 fully saturated rings. The summed E-state index contributed by atoms with van der Waals surface area (Å²) in [6, 6.07) is 11.3. The molecule has 0 saturated carbocycles. The van der Waals surface area contributed by atoms with Crippen LogP contribution in [0, 0.1) is 0 Å². The lowest BCUT2D eigenvalue weighted by atomic mass is 10.2. The fourth-order valence-corrected chi connectivity index (χ4v) is 3.88. The molecule has 0 bridgehead atoms. The molecule has 0 amide bonds. The topological polar surface area (TPSA) is 99.1 Å². The second-order valence-electron chi connectivity index (χ2n) is 5.31. The zero-order valence-electron chi connectivity index (χ0n) is 14.3. The molecule has 4 aromatic rings. The minimum atomic E-state index is 0.501. The van der Waals surface area contributed by atoms with Crippen LogP contribution in [0.25, 0.3) is 11.4 Å². The van der Waals surface area contributed by atoms with Gasteiger partial charge in [0.1, 0.15) is 11.5 Å². The summed E-state index contributed by atoms with van der Waals surface area (Å²) in [7, 11) is 1.61. The zero-order chi connectivity index (χ0) is 18.5. The number of rotatable bonds is 8. The molecule has 0 radical (unpaired) electrons. The molecule has 138 valence electrons. The number of nitrogens with one attached hydrogen (secondary N) is 1. The fourth-order valence-electron chi connectivity index (χ4n) is 2.29. The Morgan fingerprint density at radius 2 is 2.11 bits per heavy atom. The van der Waals surface area contributed by atoms with E-state index in [0.717, 1.165) is 20.8 Å². The fraction of sp³-hybridized carbons (Fsp3) is 0.176. The highest BCUT2D eigenvalue weighted by Crippen LogP contribution is 2.30. The average molecular weight is 401 g/mol. The largest absolute Gasteiger partial charge is 0.496 e. The van der Waals surface area contributed by atoms with Gasteiger partial charge in [-0.2, -0.15) is 4.98 Å². The Bertz CT molecular complexity index is 1000. The van der Waals surface area contributed by atoms with Gasteiger partial charge in [-0.25, -0.2) is 0 Å². The van der Waals surface area contributed by atoms with Crippen molar-refractivity contribution in [3.63, 3.8) is 0 Å². The van der Waals surface area contributed by atoms with E-state index in [0.29, 0.717) is 29.8 Å². The number of nitrogens with zero attached hydrogens (tertiary/aromatic N) is 4. The van der Waals surface area contributed by atoms with Crippen LogP contribution >= 0.6 is 23.1 Å². The van der Waals surface area contributed by atoms with Crippen molar-refractivity contribution in [2.45, 2.75) is 16.6 Å². The van der Waals surface area contributed by atoms with E-state index < -0.39 is 0 Å². The molecule has 0 aliphatic heterocycles. The van der Waals surface area contributed by atoms with E-state index in [9.17, 15) is 0 Å². The Hall–Kier alpha value is -2.85. The molecule has 0 saturated heterocycles. The van der Waals surface area contributed by atoms with Crippen LogP contribution in [0.15, 0.2) is 55.9 Å². The Morgan fingerprint density at radius 1 is 1.19 bits per heavy atom. The second kappa shape index (κ2) is 8.23. The molecule has 3 heterocycles. The summed E-state index contributed by atoms with van der Waals surface area (Å²) in [6.45, 7) is 0.568. The van der Waals surface area contributed by atoms with Gasteiger partial charge < -0.3 is 19.0 Å². The molecule has 0 aliphatic rings. The van der Waals surface area contributed by atoms with Gasteiger partial charge in [-0.1, -0.05) is 40.4 Å². The van der Waals surface area contributed by atoms with Gasteiger partial charge in [-0.05, 0) is 24.3 Å². The third-order valence-electron chi connectivity index (χ3n) is 3.54. The summed E-state index contributed by atoms with van der Waals surface area (Å²) in [5.74, 6) is 3.07. The van der Waals surface area contributed by atoms with E-state index in [1.54, 1.807) is 13.4 Å². The first kappa shape index (κ1) is 17.6. The predicted octanol–water partition coefficient (Wildman–Crippen LogP) is 4.09. The molecule has 1 aromatic carbocycles. The van der Waals surface area contributed by atoms with E-state index in [4.69, 9.17) is 13.7 Å². The Kier molecular flexibility index (Phi) is 5.35. The Labute approximate surface area is 163 Å². The van der Waals surface area contributed by atoms with Crippen molar-refractivity contribution in [2.24, 2.45) is 0 Å². The predicted molar refractivity (Wildman–Crippen MR) is 102 cm³/mol. The van der Waals surface area contributed by atoms with E-state index in [1.807, 2.05) is 36.4 Å². The highest BCUT2D eigenvalue weighted by molar-refractivity contribution is 8.00. The highest BCUT2D eigenvalue weighted by Gasteiger charge is 2.14. The lowest BCUT2D eigenvalue weighted by molar-refractivity contribution is 0.390. The van der Waals surface area contributed by atoms with Gasteiger partial charge in [-0.15, -0.1) is 10.2 Å². The van der Waals surface area contributed by atoms with Gasteiger partial charge in [0.2, 0.25) is 16.8 Å². The summed E-state index contributed by atoms with van der Waals surface area (Å²) in [6.07, 6.45) is 1.64. The normalized spacial score (nSPS) is 10.9. The molecule has 27 heavy (non-hydrogen) atoms. The van der Waals surface area contributed by atoms with Crippen LogP contribution < -0.4 is 10.1 Å². The number of aromatic nitrogens is 4. The van der Waals surface area contributed by atoms with Crippen molar-refractivity contribution in [3.05, 3.63) is 54.3 Å². The maximum absolute atomic E-state index is 5.33. The number of thioether (sulfide) groups is 1. The standard InChI is InChI=1S/C17H15N5O3S2/c1-23-13-7-3-2-6-12(13)15-19-14(25-22-15)10-26-17-21-20-16(27-17)18-9-11-5-4-8-24-11/h2-8H,9-10H2,1H3,(H,18,20). The van der Waals surface area contributed by atoms with E-state index in [2.05, 4.69) is 25.7 Å². The maximum Gasteiger partial charge on any atom is 0.237 e. The molecule has 0 aliphatic carbocycles. The van der Waals surface area contributed by atoms with E-state index in [-0.39, 0.29) is 0 Å². The minimum Gasteiger partial charge on any atom is -0.496 e. The van der Waals surface area contributed by atoms with Crippen molar-refractivity contribution in [1.82, 2.24) is 20.3 Å². The first-order valence-electron chi connectivity index (χ1n) is 8.00. The van der Waals surface area contributed by atoms with Crippen LogP contribution in [0.2, 0.25) is 0 Å². The lowest BCUT2D eigenvalue weighted by Crippen LogP contribution is -1.96. The van der Waals surface area contributed by atoms with Crippen LogP contribution in [0.5, 0.6) is 5.75 Å². The number of methoxy groups -OCH3 is 1. The van der Waals surface area contributed by atoms with Crippen LogP contribution in [-0.4, -0.2) is 27.4 Å². The minimum absolute atomic E-state index is 0.501. The average Bonchev–Trinajstić information content (AvgIpc) is 3.46. The van der Waals surface area contributed by atoms with Crippen molar-refractivity contribution in [2.75, 3.05) is 12.4 Å². The smallest absolute Gasteiger partial charge is 0.237 e. The van der Waals surface area contributed by atoms with Crippen molar-refractivity contribution in [3.8, 4) is 17.1 Å². The first-order chi connectivity index (χ1) is 13.3. The molecule has 10 heteroatoms.